The zero-order valence-electron chi connectivity index (χ0n) is 10.5. The number of aromatic nitrogens is 2. The van der Waals surface area contributed by atoms with Gasteiger partial charge in [0.2, 0.25) is 5.91 Å². The van der Waals surface area contributed by atoms with Crippen LogP contribution in [0.4, 0.5) is 0 Å². The van der Waals surface area contributed by atoms with Gasteiger partial charge in [-0.15, -0.1) is 0 Å². The third-order valence-corrected chi connectivity index (χ3v) is 2.69. The first-order valence-corrected chi connectivity index (χ1v) is 5.87. The van der Waals surface area contributed by atoms with E-state index in [9.17, 15) is 9.59 Å². The summed E-state index contributed by atoms with van der Waals surface area (Å²) in [6.07, 6.45) is 4.99. The second-order valence-electron chi connectivity index (χ2n) is 4.03. The largest absolute Gasteiger partial charge is 0.341 e. The van der Waals surface area contributed by atoms with Gasteiger partial charge >= 0.3 is 0 Å². The normalized spacial score (nSPS) is 10.2. The van der Waals surface area contributed by atoms with Gasteiger partial charge < -0.3 is 4.98 Å². The lowest BCUT2D eigenvalue weighted by Crippen LogP contribution is -2.34. The van der Waals surface area contributed by atoms with Gasteiger partial charge in [-0.05, 0) is 12.0 Å². The highest BCUT2D eigenvalue weighted by Crippen LogP contribution is 2.05. The predicted octanol–water partition coefficient (Wildman–Crippen LogP) is 1.46. The summed E-state index contributed by atoms with van der Waals surface area (Å²) in [4.78, 5) is 31.3. The summed E-state index contributed by atoms with van der Waals surface area (Å²) in [7, 11) is 1.44. The molecular formula is C14H14N3O2. The lowest BCUT2D eigenvalue weighted by molar-refractivity contribution is -0.124. The van der Waals surface area contributed by atoms with Crippen molar-refractivity contribution >= 4 is 11.8 Å². The predicted molar refractivity (Wildman–Crippen MR) is 70.1 cm³/mol. The summed E-state index contributed by atoms with van der Waals surface area (Å²) >= 11 is 0. The smallest absolute Gasteiger partial charge is 0.295 e. The summed E-state index contributed by atoms with van der Waals surface area (Å²) in [5.74, 6) is -0.631. The van der Waals surface area contributed by atoms with Crippen molar-refractivity contribution in [2.45, 2.75) is 6.42 Å². The standard InChI is InChI=1S/C14H14N3O2/c1-17(14(19)13-15-9-10-16-13)12(18)8-7-11-5-3-2-4-6-11/h2-6,8-10H,7H2,1H3,(H,15,16). The molecule has 1 N–H and O–H groups in total. The van der Waals surface area contributed by atoms with Gasteiger partial charge in [0.1, 0.15) is 0 Å². The maximum atomic E-state index is 11.9. The highest BCUT2D eigenvalue weighted by atomic mass is 16.2. The number of imide groups is 1. The van der Waals surface area contributed by atoms with E-state index in [0.717, 1.165) is 10.5 Å². The van der Waals surface area contributed by atoms with Gasteiger partial charge in [0.25, 0.3) is 5.91 Å². The molecule has 2 amide bonds. The summed E-state index contributed by atoms with van der Waals surface area (Å²) < 4.78 is 0. The van der Waals surface area contributed by atoms with Crippen LogP contribution < -0.4 is 0 Å². The number of nitrogens with one attached hydrogen (secondary N) is 1. The number of aromatic amines is 1. The Bertz CT molecular complexity index is 549. The quantitative estimate of drug-likeness (QED) is 0.900. The molecule has 0 bridgehead atoms. The fraction of sp³-hybridized carbons (Fsp3) is 0.143. The van der Waals surface area contributed by atoms with Crippen molar-refractivity contribution in [2.75, 3.05) is 7.05 Å². The van der Waals surface area contributed by atoms with E-state index in [1.165, 1.54) is 19.7 Å². The first kappa shape index (κ1) is 13.0. The van der Waals surface area contributed by atoms with Crippen LogP contribution >= 0.6 is 0 Å². The number of rotatable bonds is 4. The molecule has 0 aliphatic rings. The Morgan fingerprint density at radius 3 is 2.68 bits per heavy atom. The number of imidazole rings is 1. The molecule has 0 saturated heterocycles. The van der Waals surface area contributed by atoms with E-state index in [2.05, 4.69) is 9.97 Å². The van der Waals surface area contributed by atoms with Crippen LogP contribution in [0.3, 0.4) is 0 Å². The number of H-pyrrole nitrogens is 1. The molecule has 0 aliphatic heterocycles. The monoisotopic (exact) mass is 256 g/mol. The average molecular weight is 256 g/mol. The van der Waals surface area contributed by atoms with Crippen molar-refractivity contribution in [1.29, 1.82) is 0 Å². The third kappa shape index (κ3) is 3.28. The van der Waals surface area contributed by atoms with E-state index in [4.69, 9.17) is 0 Å². The summed E-state index contributed by atoms with van der Waals surface area (Å²) in [5.41, 5.74) is 1.02. The van der Waals surface area contributed by atoms with Crippen molar-refractivity contribution in [3.8, 4) is 0 Å². The first-order valence-electron chi connectivity index (χ1n) is 5.87. The van der Waals surface area contributed by atoms with Gasteiger partial charge in [-0.25, -0.2) is 4.98 Å². The van der Waals surface area contributed by atoms with Gasteiger partial charge in [-0.2, -0.15) is 0 Å². The SMILES string of the molecule is CN(C(=O)[CH]Cc1ccccc1)C(=O)c1ncc[nH]1. The topological polar surface area (TPSA) is 66.1 Å². The summed E-state index contributed by atoms with van der Waals surface area (Å²) in [6, 6.07) is 9.59. The van der Waals surface area contributed by atoms with E-state index in [-0.39, 0.29) is 11.7 Å². The van der Waals surface area contributed by atoms with Crippen LogP contribution in [0.2, 0.25) is 0 Å². The van der Waals surface area contributed by atoms with Crippen molar-refractivity contribution < 1.29 is 9.59 Å². The fourth-order valence-corrected chi connectivity index (χ4v) is 1.60. The summed E-state index contributed by atoms with van der Waals surface area (Å²) in [5, 5.41) is 0. The Morgan fingerprint density at radius 2 is 2.05 bits per heavy atom. The average Bonchev–Trinajstić information content (AvgIpc) is 2.98. The second-order valence-corrected chi connectivity index (χ2v) is 4.03. The fourth-order valence-electron chi connectivity index (χ4n) is 1.60. The molecule has 1 radical (unpaired) electrons. The molecular weight excluding hydrogens is 242 g/mol. The maximum Gasteiger partial charge on any atom is 0.295 e. The van der Waals surface area contributed by atoms with Gasteiger partial charge in [0.15, 0.2) is 5.82 Å². The minimum absolute atomic E-state index is 0.156. The molecule has 5 heteroatoms. The lowest BCUT2D eigenvalue weighted by Gasteiger charge is -2.13. The van der Waals surface area contributed by atoms with Gasteiger partial charge in [-0.3, -0.25) is 14.5 Å². The number of hydrogen-bond donors (Lipinski definition) is 1. The molecule has 2 aromatic rings. The van der Waals surface area contributed by atoms with Gasteiger partial charge in [0.05, 0.1) is 6.42 Å². The van der Waals surface area contributed by atoms with Crippen LogP contribution in [0, 0.1) is 6.42 Å². The van der Waals surface area contributed by atoms with Crippen molar-refractivity contribution in [3.63, 3.8) is 0 Å². The van der Waals surface area contributed by atoms with Crippen molar-refractivity contribution in [3.05, 3.63) is 60.5 Å². The van der Waals surface area contributed by atoms with E-state index in [1.54, 1.807) is 6.20 Å². The van der Waals surface area contributed by atoms with Crippen LogP contribution in [0.25, 0.3) is 0 Å². The molecule has 0 atom stereocenters. The Balaban J connectivity index is 1.91. The Morgan fingerprint density at radius 1 is 1.32 bits per heavy atom. The number of amides is 2. The zero-order chi connectivity index (χ0) is 13.7. The molecule has 97 valence electrons. The molecule has 2 rings (SSSR count). The van der Waals surface area contributed by atoms with Crippen LogP contribution in [-0.4, -0.2) is 33.7 Å². The number of hydrogen-bond acceptors (Lipinski definition) is 3. The first-order chi connectivity index (χ1) is 9.18. The van der Waals surface area contributed by atoms with Gasteiger partial charge in [0, 0.05) is 19.4 Å². The van der Waals surface area contributed by atoms with Crippen molar-refractivity contribution in [2.24, 2.45) is 0 Å². The molecule has 0 unspecified atom stereocenters. The molecule has 0 aliphatic carbocycles. The molecule has 0 spiro atoms. The highest BCUT2D eigenvalue weighted by Gasteiger charge is 2.20. The van der Waals surface area contributed by atoms with E-state index < -0.39 is 5.91 Å². The Labute approximate surface area is 111 Å². The third-order valence-electron chi connectivity index (χ3n) is 2.69. The molecule has 1 aromatic heterocycles. The van der Waals surface area contributed by atoms with Crippen molar-refractivity contribution in [1.82, 2.24) is 14.9 Å². The maximum absolute atomic E-state index is 11.9. The Kier molecular flexibility index (Phi) is 4.07. The minimum Gasteiger partial charge on any atom is -0.341 e. The molecule has 1 aromatic carbocycles. The molecule has 19 heavy (non-hydrogen) atoms. The van der Waals surface area contributed by atoms with E-state index >= 15 is 0 Å². The number of carbonyl (C=O) groups is 2. The molecule has 5 nitrogen and oxygen atoms in total. The molecule has 1 heterocycles. The summed E-state index contributed by atoms with van der Waals surface area (Å²) in [6.45, 7) is 0. The van der Waals surface area contributed by atoms with Crippen LogP contribution in [0.1, 0.15) is 16.2 Å². The minimum atomic E-state index is -0.445. The molecule has 0 saturated carbocycles. The van der Waals surface area contributed by atoms with E-state index in [0.29, 0.717) is 6.42 Å². The van der Waals surface area contributed by atoms with Crippen LogP contribution in [0.15, 0.2) is 42.7 Å². The highest BCUT2D eigenvalue weighted by molar-refractivity contribution is 6.05. The number of benzene rings is 1. The number of nitrogens with zero attached hydrogens (tertiary/aromatic N) is 2. The lowest BCUT2D eigenvalue weighted by atomic mass is 10.1. The second kappa shape index (κ2) is 5.95. The van der Waals surface area contributed by atoms with E-state index in [1.807, 2.05) is 30.3 Å². The van der Waals surface area contributed by atoms with Crippen LogP contribution in [-0.2, 0) is 11.2 Å². The van der Waals surface area contributed by atoms with Crippen LogP contribution in [0.5, 0.6) is 0 Å². The number of carbonyl (C=O) groups excluding carboxylic acids is 2. The van der Waals surface area contributed by atoms with Gasteiger partial charge in [-0.1, -0.05) is 30.3 Å². The molecule has 0 fully saturated rings. The zero-order valence-corrected chi connectivity index (χ0v) is 10.5. The Hall–Kier alpha value is -2.43.